The van der Waals surface area contributed by atoms with Gasteiger partial charge in [0.15, 0.2) is 0 Å². The standard InChI is InChI=1S/C10H13N3S2/c11-10(14)8-2-1-3-9(13-8)12-7-4-5-15-6-7/h1-3,7H,4-6H2,(H2,11,14)(H,12,13). The number of pyridine rings is 1. The van der Waals surface area contributed by atoms with Crippen molar-refractivity contribution in [2.24, 2.45) is 5.73 Å². The summed E-state index contributed by atoms with van der Waals surface area (Å²) < 4.78 is 0. The molecule has 80 valence electrons. The molecule has 1 saturated heterocycles. The number of hydrogen-bond donors (Lipinski definition) is 2. The number of nitrogens with two attached hydrogens (primary N) is 1. The van der Waals surface area contributed by atoms with Crippen LogP contribution in [0, 0.1) is 0 Å². The minimum atomic E-state index is 0.347. The van der Waals surface area contributed by atoms with Crippen molar-refractivity contribution >= 4 is 34.8 Å². The first-order chi connectivity index (χ1) is 7.25. The molecule has 1 aromatic heterocycles. The number of thiocarbonyl (C=S) groups is 1. The molecular weight excluding hydrogens is 226 g/mol. The first-order valence-electron chi connectivity index (χ1n) is 4.87. The predicted molar refractivity (Wildman–Crippen MR) is 69.5 cm³/mol. The molecule has 0 aliphatic carbocycles. The van der Waals surface area contributed by atoms with Gasteiger partial charge in [0, 0.05) is 11.8 Å². The molecule has 0 saturated carbocycles. The van der Waals surface area contributed by atoms with E-state index in [1.165, 1.54) is 12.2 Å². The lowest BCUT2D eigenvalue weighted by Crippen LogP contribution is -2.20. The van der Waals surface area contributed by atoms with Gasteiger partial charge in [0.2, 0.25) is 0 Å². The Morgan fingerprint density at radius 1 is 1.60 bits per heavy atom. The van der Waals surface area contributed by atoms with Crippen LogP contribution in [-0.4, -0.2) is 27.5 Å². The summed E-state index contributed by atoms with van der Waals surface area (Å²) in [6.07, 6.45) is 1.20. The molecule has 3 nitrogen and oxygen atoms in total. The molecule has 0 bridgehead atoms. The van der Waals surface area contributed by atoms with Gasteiger partial charge in [-0.1, -0.05) is 18.3 Å². The molecule has 1 atom stereocenters. The van der Waals surface area contributed by atoms with Gasteiger partial charge in [-0.15, -0.1) is 0 Å². The van der Waals surface area contributed by atoms with E-state index < -0.39 is 0 Å². The van der Waals surface area contributed by atoms with Crippen LogP contribution in [0.5, 0.6) is 0 Å². The average molecular weight is 239 g/mol. The normalized spacial score (nSPS) is 20.1. The van der Waals surface area contributed by atoms with Crippen molar-refractivity contribution in [1.29, 1.82) is 0 Å². The quantitative estimate of drug-likeness (QED) is 0.785. The molecular formula is C10H13N3S2. The van der Waals surface area contributed by atoms with E-state index >= 15 is 0 Å². The van der Waals surface area contributed by atoms with Crippen LogP contribution in [-0.2, 0) is 0 Å². The third kappa shape index (κ3) is 2.82. The molecule has 0 amide bonds. The highest BCUT2D eigenvalue weighted by Crippen LogP contribution is 2.20. The summed E-state index contributed by atoms with van der Waals surface area (Å²) >= 11 is 6.86. The monoisotopic (exact) mass is 239 g/mol. The van der Waals surface area contributed by atoms with Crippen LogP contribution in [0.4, 0.5) is 5.82 Å². The topological polar surface area (TPSA) is 50.9 Å². The summed E-state index contributed by atoms with van der Waals surface area (Å²) in [5.74, 6) is 3.25. The number of anilines is 1. The van der Waals surface area contributed by atoms with E-state index in [1.54, 1.807) is 0 Å². The Morgan fingerprint density at radius 2 is 2.47 bits per heavy atom. The van der Waals surface area contributed by atoms with Crippen LogP contribution < -0.4 is 11.1 Å². The summed E-state index contributed by atoms with van der Waals surface area (Å²) in [5.41, 5.74) is 6.21. The average Bonchev–Trinajstić information content (AvgIpc) is 2.71. The zero-order chi connectivity index (χ0) is 10.7. The highest BCUT2D eigenvalue weighted by molar-refractivity contribution is 7.99. The van der Waals surface area contributed by atoms with Crippen molar-refractivity contribution in [3.8, 4) is 0 Å². The summed E-state index contributed by atoms with van der Waals surface area (Å²) in [6, 6.07) is 6.23. The zero-order valence-electron chi connectivity index (χ0n) is 8.27. The van der Waals surface area contributed by atoms with E-state index in [-0.39, 0.29) is 0 Å². The number of hydrogen-bond acceptors (Lipinski definition) is 4. The Balaban J connectivity index is 2.07. The van der Waals surface area contributed by atoms with E-state index in [9.17, 15) is 0 Å². The van der Waals surface area contributed by atoms with Gasteiger partial charge in [-0.05, 0) is 24.3 Å². The van der Waals surface area contributed by atoms with Crippen molar-refractivity contribution in [3.05, 3.63) is 23.9 Å². The van der Waals surface area contributed by atoms with Gasteiger partial charge in [-0.3, -0.25) is 0 Å². The van der Waals surface area contributed by atoms with Crippen LogP contribution in [0.2, 0.25) is 0 Å². The minimum Gasteiger partial charge on any atom is -0.388 e. The maximum Gasteiger partial charge on any atom is 0.126 e. The Morgan fingerprint density at radius 3 is 3.13 bits per heavy atom. The molecule has 1 aliphatic heterocycles. The highest BCUT2D eigenvalue weighted by atomic mass is 32.2. The van der Waals surface area contributed by atoms with Gasteiger partial charge in [-0.2, -0.15) is 11.8 Å². The second-order valence-electron chi connectivity index (χ2n) is 3.48. The largest absolute Gasteiger partial charge is 0.388 e. The van der Waals surface area contributed by atoms with Crippen LogP contribution in [0.3, 0.4) is 0 Å². The van der Waals surface area contributed by atoms with Gasteiger partial charge >= 0.3 is 0 Å². The fraction of sp³-hybridized carbons (Fsp3) is 0.400. The first-order valence-corrected chi connectivity index (χ1v) is 6.43. The Bertz CT molecular complexity index is 361. The molecule has 0 spiro atoms. The van der Waals surface area contributed by atoms with Crippen LogP contribution in [0.1, 0.15) is 12.1 Å². The fourth-order valence-electron chi connectivity index (χ4n) is 1.51. The lowest BCUT2D eigenvalue weighted by Gasteiger charge is -2.12. The second kappa shape index (κ2) is 4.81. The number of nitrogens with one attached hydrogen (secondary N) is 1. The molecule has 2 heterocycles. The second-order valence-corrected chi connectivity index (χ2v) is 5.07. The van der Waals surface area contributed by atoms with Crippen molar-refractivity contribution < 1.29 is 0 Å². The molecule has 1 aliphatic rings. The van der Waals surface area contributed by atoms with E-state index in [1.807, 2.05) is 30.0 Å². The van der Waals surface area contributed by atoms with Crippen LogP contribution in [0.15, 0.2) is 18.2 Å². The van der Waals surface area contributed by atoms with Gasteiger partial charge < -0.3 is 11.1 Å². The van der Waals surface area contributed by atoms with E-state index in [2.05, 4.69) is 10.3 Å². The molecule has 0 aromatic carbocycles. The number of aromatic nitrogens is 1. The van der Waals surface area contributed by atoms with E-state index in [4.69, 9.17) is 18.0 Å². The van der Waals surface area contributed by atoms with Gasteiger partial charge in [-0.25, -0.2) is 4.98 Å². The minimum absolute atomic E-state index is 0.347. The number of nitrogens with zero attached hydrogens (tertiary/aromatic N) is 1. The summed E-state index contributed by atoms with van der Waals surface area (Å²) in [6.45, 7) is 0. The summed E-state index contributed by atoms with van der Waals surface area (Å²) in [5, 5.41) is 3.39. The predicted octanol–water partition coefficient (Wildman–Crippen LogP) is 1.63. The lowest BCUT2D eigenvalue weighted by atomic mass is 10.2. The third-order valence-corrected chi connectivity index (χ3v) is 3.65. The molecule has 3 N–H and O–H groups in total. The molecule has 5 heteroatoms. The lowest BCUT2D eigenvalue weighted by molar-refractivity contribution is 0.806. The smallest absolute Gasteiger partial charge is 0.126 e. The van der Waals surface area contributed by atoms with Crippen molar-refractivity contribution in [1.82, 2.24) is 4.98 Å². The first kappa shape index (κ1) is 10.7. The number of thioether (sulfide) groups is 1. The number of rotatable bonds is 3. The molecule has 1 unspecified atom stereocenters. The van der Waals surface area contributed by atoms with E-state index in [0.717, 1.165) is 11.6 Å². The van der Waals surface area contributed by atoms with Crippen molar-refractivity contribution in [3.63, 3.8) is 0 Å². The van der Waals surface area contributed by atoms with Crippen LogP contribution in [0.25, 0.3) is 0 Å². The summed E-state index contributed by atoms with van der Waals surface area (Å²) in [4.78, 5) is 4.70. The Hall–Kier alpha value is -0.810. The maximum atomic E-state index is 5.53. The van der Waals surface area contributed by atoms with Gasteiger partial charge in [0.25, 0.3) is 0 Å². The SMILES string of the molecule is NC(=S)c1cccc(NC2CCSC2)n1. The molecule has 15 heavy (non-hydrogen) atoms. The molecule has 2 rings (SSSR count). The van der Waals surface area contributed by atoms with Crippen molar-refractivity contribution in [2.45, 2.75) is 12.5 Å². The fourth-order valence-corrected chi connectivity index (χ4v) is 2.78. The van der Waals surface area contributed by atoms with Gasteiger partial charge in [0.05, 0.1) is 5.69 Å². The highest BCUT2D eigenvalue weighted by Gasteiger charge is 2.15. The van der Waals surface area contributed by atoms with Gasteiger partial charge in [0.1, 0.15) is 10.8 Å². The van der Waals surface area contributed by atoms with Crippen molar-refractivity contribution in [2.75, 3.05) is 16.8 Å². The van der Waals surface area contributed by atoms with E-state index in [0.29, 0.717) is 16.7 Å². The molecule has 1 fully saturated rings. The van der Waals surface area contributed by atoms with Crippen LogP contribution >= 0.6 is 24.0 Å². The summed E-state index contributed by atoms with van der Waals surface area (Å²) in [7, 11) is 0. The maximum absolute atomic E-state index is 5.53. The zero-order valence-corrected chi connectivity index (χ0v) is 9.90. The molecule has 1 aromatic rings. The molecule has 0 radical (unpaired) electrons. The Kier molecular flexibility index (Phi) is 3.43. The third-order valence-electron chi connectivity index (χ3n) is 2.28. The Labute approximate surface area is 98.8 Å².